The number of carbonyl (C=O) groups is 1. The smallest absolute Gasteiger partial charge is 0.252 e. The van der Waals surface area contributed by atoms with Gasteiger partial charge < -0.3 is 19.3 Å². The van der Waals surface area contributed by atoms with Crippen molar-refractivity contribution in [3.63, 3.8) is 0 Å². The molecule has 0 bridgehead atoms. The number of benzene rings is 2. The largest absolute Gasteiger partial charge is 0.497 e. The third-order valence-electron chi connectivity index (χ3n) is 3.88. The first-order valence-electron chi connectivity index (χ1n) is 8.13. The van der Waals surface area contributed by atoms with E-state index in [9.17, 15) is 9.18 Å². The number of hydrogen-bond acceptors (Lipinski definition) is 6. The van der Waals surface area contributed by atoms with Gasteiger partial charge in [0.25, 0.3) is 5.91 Å². The van der Waals surface area contributed by atoms with Crippen molar-refractivity contribution in [2.24, 2.45) is 0 Å². The molecule has 0 saturated carbocycles. The van der Waals surface area contributed by atoms with Crippen molar-refractivity contribution in [1.29, 1.82) is 0 Å². The molecular weight excluding hydrogens is 353 g/mol. The van der Waals surface area contributed by atoms with Crippen LogP contribution >= 0.6 is 0 Å². The molecule has 3 rings (SSSR count). The van der Waals surface area contributed by atoms with E-state index in [0.29, 0.717) is 28.5 Å². The second-order valence-electron chi connectivity index (χ2n) is 5.76. The van der Waals surface area contributed by atoms with Gasteiger partial charge >= 0.3 is 0 Å². The van der Waals surface area contributed by atoms with E-state index in [1.165, 1.54) is 26.4 Å². The second-order valence-corrected chi connectivity index (χ2v) is 5.76. The summed E-state index contributed by atoms with van der Waals surface area (Å²) in [5, 5.41) is 6.65. The van der Waals surface area contributed by atoms with E-state index >= 15 is 0 Å². The number of rotatable bonds is 6. The van der Waals surface area contributed by atoms with Gasteiger partial charge in [-0.1, -0.05) is 5.16 Å². The maximum absolute atomic E-state index is 13.0. The second kappa shape index (κ2) is 7.86. The maximum Gasteiger partial charge on any atom is 0.252 e. The first-order chi connectivity index (χ1) is 13.0. The van der Waals surface area contributed by atoms with Gasteiger partial charge in [-0.2, -0.15) is 4.98 Å². The molecule has 0 aliphatic carbocycles. The molecule has 1 N–H and O–H groups in total. The van der Waals surface area contributed by atoms with Crippen LogP contribution in [0.5, 0.6) is 11.5 Å². The summed E-state index contributed by atoms with van der Waals surface area (Å²) in [5.41, 5.74) is 0.985. The number of hydrogen-bond donors (Lipinski definition) is 1. The first kappa shape index (κ1) is 18.4. The fourth-order valence-corrected chi connectivity index (χ4v) is 2.41. The summed E-state index contributed by atoms with van der Waals surface area (Å²) in [5.74, 6) is 0.858. The standard InChI is InChI=1S/C19H18FN3O4/c1-11(19-22-17(23-27-19)12-4-6-14(20)7-5-12)21-18(24)13-8-15(25-2)10-16(9-13)26-3/h4-11H,1-3H3,(H,21,24)/t11-/m1/s1. The number of aromatic nitrogens is 2. The van der Waals surface area contributed by atoms with E-state index in [4.69, 9.17) is 14.0 Å². The van der Waals surface area contributed by atoms with Gasteiger partial charge in [0.2, 0.25) is 11.7 Å². The molecule has 27 heavy (non-hydrogen) atoms. The molecule has 0 spiro atoms. The summed E-state index contributed by atoms with van der Waals surface area (Å²) in [7, 11) is 3.02. The van der Waals surface area contributed by atoms with Gasteiger partial charge in [-0.15, -0.1) is 0 Å². The Labute approximate surface area is 155 Å². The third kappa shape index (κ3) is 4.22. The van der Waals surface area contributed by atoms with Crippen LogP contribution < -0.4 is 14.8 Å². The Morgan fingerprint density at radius 1 is 1.11 bits per heavy atom. The summed E-state index contributed by atoms with van der Waals surface area (Å²) in [6, 6.07) is 10.1. The summed E-state index contributed by atoms with van der Waals surface area (Å²) in [4.78, 5) is 16.8. The van der Waals surface area contributed by atoms with Crippen LogP contribution in [0.25, 0.3) is 11.4 Å². The molecule has 1 amide bonds. The van der Waals surface area contributed by atoms with Crippen molar-refractivity contribution < 1.29 is 23.2 Å². The van der Waals surface area contributed by atoms with Gasteiger partial charge in [0, 0.05) is 17.2 Å². The van der Waals surface area contributed by atoms with Gasteiger partial charge in [0.15, 0.2) is 0 Å². The fraction of sp³-hybridized carbons (Fsp3) is 0.211. The van der Waals surface area contributed by atoms with E-state index in [1.54, 1.807) is 37.3 Å². The molecule has 1 aromatic heterocycles. The molecule has 1 atom stereocenters. The number of methoxy groups -OCH3 is 2. The quantitative estimate of drug-likeness (QED) is 0.715. The van der Waals surface area contributed by atoms with E-state index in [0.717, 1.165) is 0 Å². The highest BCUT2D eigenvalue weighted by molar-refractivity contribution is 5.95. The normalized spacial score (nSPS) is 11.7. The van der Waals surface area contributed by atoms with Crippen molar-refractivity contribution in [3.05, 3.63) is 59.7 Å². The minimum atomic E-state index is -0.531. The monoisotopic (exact) mass is 371 g/mol. The van der Waals surface area contributed by atoms with Crippen LogP contribution in [0.2, 0.25) is 0 Å². The molecule has 0 saturated heterocycles. The number of carbonyl (C=O) groups excluding carboxylic acids is 1. The van der Waals surface area contributed by atoms with Crippen LogP contribution in [0.15, 0.2) is 47.0 Å². The van der Waals surface area contributed by atoms with Crippen molar-refractivity contribution in [3.8, 4) is 22.9 Å². The van der Waals surface area contributed by atoms with Crippen molar-refractivity contribution in [2.75, 3.05) is 14.2 Å². The Hall–Kier alpha value is -3.42. The highest BCUT2D eigenvalue weighted by Gasteiger charge is 2.19. The predicted octanol–water partition coefficient (Wildman–Crippen LogP) is 3.38. The zero-order valence-corrected chi connectivity index (χ0v) is 15.0. The van der Waals surface area contributed by atoms with Crippen molar-refractivity contribution in [2.45, 2.75) is 13.0 Å². The Bertz CT molecular complexity index is 918. The molecular formula is C19H18FN3O4. The SMILES string of the molecule is COc1cc(OC)cc(C(=O)N[C@H](C)c2nc(-c3ccc(F)cc3)no2)c1. The Morgan fingerprint density at radius 3 is 2.33 bits per heavy atom. The van der Waals surface area contributed by atoms with Gasteiger partial charge in [-0.25, -0.2) is 4.39 Å². The predicted molar refractivity (Wildman–Crippen MR) is 95.1 cm³/mol. The molecule has 7 nitrogen and oxygen atoms in total. The Morgan fingerprint density at radius 2 is 1.74 bits per heavy atom. The molecule has 0 aliphatic rings. The number of amides is 1. The highest BCUT2D eigenvalue weighted by atomic mass is 19.1. The van der Waals surface area contributed by atoms with Crippen LogP contribution in [0.1, 0.15) is 29.2 Å². The lowest BCUT2D eigenvalue weighted by Crippen LogP contribution is -2.26. The third-order valence-corrected chi connectivity index (χ3v) is 3.88. The summed E-state index contributed by atoms with van der Waals surface area (Å²) < 4.78 is 28.6. The van der Waals surface area contributed by atoms with Crippen molar-refractivity contribution in [1.82, 2.24) is 15.5 Å². The lowest BCUT2D eigenvalue weighted by molar-refractivity contribution is 0.0932. The van der Waals surface area contributed by atoms with Crippen LogP contribution in [0.4, 0.5) is 4.39 Å². The van der Waals surface area contributed by atoms with Gasteiger partial charge in [-0.3, -0.25) is 4.79 Å². The summed E-state index contributed by atoms with van der Waals surface area (Å²) >= 11 is 0. The van der Waals surface area contributed by atoms with Crippen LogP contribution in [0.3, 0.4) is 0 Å². The van der Waals surface area contributed by atoms with Gasteiger partial charge in [0.05, 0.1) is 14.2 Å². The molecule has 8 heteroatoms. The first-order valence-corrected chi connectivity index (χ1v) is 8.13. The molecule has 1 heterocycles. The van der Waals surface area contributed by atoms with E-state index < -0.39 is 6.04 Å². The van der Waals surface area contributed by atoms with Crippen LogP contribution in [0, 0.1) is 5.82 Å². The fourth-order valence-electron chi connectivity index (χ4n) is 2.41. The number of nitrogens with one attached hydrogen (secondary N) is 1. The average molecular weight is 371 g/mol. The minimum Gasteiger partial charge on any atom is -0.497 e. The molecule has 3 aromatic rings. The molecule has 0 radical (unpaired) electrons. The highest BCUT2D eigenvalue weighted by Crippen LogP contribution is 2.23. The zero-order valence-electron chi connectivity index (χ0n) is 15.0. The average Bonchev–Trinajstić information content (AvgIpc) is 3.18. The minimum absolute atomic E-state index is 0.234. The van der Waals surface area contributed by atoms with E-state index in [1.807, 2.05) is 0 Å². The number of nitrogens with zero attached hydrogens (tertiary/aromatic N) is 2. The van der Waals surface area contributed by atoms with E-state index in [-0.39, 0.29) is 17.6 Å². The van der Waals surface area contributed by atoms with Gasteiger partial charge in [0.1, 0.15) is 23.4 Å². The molecule has 0 fully saturated rings. The maximum atomic E-state index is 13.0. The van der Waals surface area contributed by atoms with E-state index in [2.05, 4.69) is 15.5 Å². The Balaban J connectivity index is 1.74. The van der Waals surface area contributed by atoms with Crippen LogP contribution in [-0.2, 0) is 0 Å². The lowest BCUT2D eigenvalue weighted by Gasteiger charge is -2.12. The topological polar surface area (TPSA) is 86.5 Å². The molecule has 2 aromatic carbocycles. The molecule has 0 unspecified atom stereocenters. The lowest BCUT2D eigenvalue weighted by atomic mass is 10.1. The van der Waals surface area contributed by atoms with Gasteiger partial charge in [-0.05, 0) is 43.3 Å². The number of ether oxygens (including phenoxy) is 2. The van der Waals surface area contributed by atoms with Crippen LogP contribution in [-0.4, -0.2) is 30.3 Å². The summed E-state index contributed by atoms with van der Waals surface area (Å²) in [6.45, 7) is 1.72. The molecule has 0 aliphatic heterocycles. The van der Waals surface area contributed by atoms with Crippen molar-refractivity contribution >= 4 is 5.91 Å². The summed E-state index contributed by atoms with van der Waals surface area (Å²) in [6.07, 6.45) is 0. The molecule has 140 valence electrons. The Kier molecular flexibility index (Phi) is 5.35. The number of halogens is 1. The zero-order chi connectivity index (χ0) is 19.4.